The lowest BCUT2D eigenvalue weighted by molar-refractivity contribution is 0.00407. The van der Waals surface area contributed by atoms with Gasteiger partial charge in [0.1, 0.15) is 11.4 Å². The Hall–Kier alpha value is -0.900. The molecule has 0 aliphatic carbocycles. The standard InChI is InChI=1S/C13H21N3O/c1-12(2)7-5-10-14-15-11(16(10)9-12)13(3)6-4-8-17-13/h4-9H2,1-3H3. The number of hydrogen-bond donors (Lipinski definition) is 0. The number of fused-ring (bicyclic) bond motifs is 1. The second-order valence-electron chi connectivity index (χ2n) is 6.37. The first-order valence-electron chi connectivity index (χ1n) is 6.57. The molecule has 4 heteroatoms. The van der Waals surface area contributed by atoms with E-state index in [4.69, 9.17) is 4.74 Å². The Morgan fingerprint density at radius 2 is 2.00 bits per heavy atom. The van der Waals surface area contributed by atoms with Crippen LogP contribution in [0.4, 0.5) is 0 Å². The lowest BCUT2D eigenvalue weighted by Gasteiger charge is -2.33. The van der Waals surface area contributed by atoms with Crippen molar-refractivity contribution in [2.75, 3.05) is 6.61 Å². The fourth-order valence-corrected chi connectivity index (χ4v) is 2.99. The molecule has 3 heterocycles. The zero-order valence-corrected chi connectivity index (χ0v) is 11.0. The molecule has 2 aliphatic rings. The summed E-state index contributed by atoms with van der Waals surface area (Å²) in [6.07, 6.45) is 4.42. The third-order valence-electron chi connectivity index (χ3n) is 4.13. The van der Waals surface area contributed by atoms with Gasteiger partial charge in [-0.1, -0.05) is 13.8 Å². The van der Waals surface area contributed by atoms with Gasteiger partial charge in [0.05, 0.1) is 0 Å². The summed E-state index contributed by atoms with van der Waals surface area (Å²) < 4.78 is 8.20. The molecule has 17 heavy (non-hydrogen) atoms. The fourth-order valence-electron chi connectivity index (χ4n) is 2.99. The average Bonchev–Trinajstić information content (AvgIpc) is 2.83. The van der Waals surface area contributed by atoms with Crippen molar-refractivity contribution in [3.05, 3.63) is 11.6 Å². The van der Waals surface area contributed by atoms with Crippen LogP contribution < -0.4 is 0 Å². The van der Waals surface area contributed by atoms with E-state index in [1.54, 1.807) is 0 Å². The van der Waals surface area contributed by atoms with Gasteiger partial charge in [-0.05, 0) is 31.6 Å². The van der Waals surface area contributed by atoms with Crippen LogP contribution in [0.25, 0.3) is 0 Å². The molecule has 0 bridgehead atoms. The van der Waals surface area contributed by atoms with Gasteiger partial charge in [0.25, 0.3) is 0 Å². The summed E-state index contributed by atoms with van der Waals surface area (Å²) >= 11 is 0. The highest BCUT2D eigenvalue weighted by atomic mass is 16.5. The van der Waals surface area contributed by atoms with Gasteiger partial charge in [-0.15, -0.1) is 10.2 Å². The van der Waals surface area contributed by atoms with Crippen LogP contribution in [0.5, 0.6) is 0 Å². The van der Waals surface area contributed by atoms with Crippen molar-refractivity contribution in [1.29, 1.82) is 0 Å². The smallest absolute Gasteiger partial charge is 0.165 e. The molecular formula is C13H21N3O. The van der Waals surface area contributed by atoms with E-state index in [2.05, 4.69) is 35.5 Å². The van der Waals surface area contributed by atoms with E-state index in [1.165, 1.54) is 6.42 Å². The first-order valence-corrected chi connectivity index (χ1v) is 6.57. The normalized spacial score (nSPS) is 31.5. The lowest BCUT2D eigenvalue weighted by atomic mass is 9.84. The number of ether oxygens (including phenoxy) is 1. The predicted molar refractivity (Wildman–Crippen MR) is 64.7 cm³/mol. The second-order valence-corrected chi connectivity index (χ2v) is 6.37. The number of aryl methyl sites for hydroxylation is 1. The molecule has 0 N–H and O–H groups in total. The van der Waals surface area contributed by atoms with E-state index >= 15 is 0 Å². The molecule has 1 aromatic heterocycles. The van der Waals surface area contributed by atoms with Crippen molar-refractivity contribution >= 4 is 0 Å². The number of rotatable bonds is 1. The SMILES string of the molecule is CC1(C)CCc2nnc(C3(C)CCCO3)n2C1. The van der Waals surface area contributed by atoms with Crippen molar-refractivity contribution in [3.63, 3.8) is 0 Å². The molecule has 1 fully saturated rings. The van der Waals surface area contributed by atoms with Crippen LogP contribution in [-0.4, -0.2) is 21.4 Å². The monoisotopic (exact) mass is 235 g/mol. The first kappa shape index (κ1) is 11.2. The average molecular weight is 235 g/mol. The third kappa shape index (κ3) is 1.79. The van der Waals surface area contributed by atoms with Crippen LogP contribution in [0.2, 0.25) is 0 Å². The van der Waals surface area contributed by atoms with Crippen LogP contribution in [0.15, 0.2) is 0 Å². The second kappa shape index (κ2) is 3.55. The minimum absolute atomic E-state index is 0.210. The molecule has 0 aromatic carbocycles. The summed E-state index contributed by atoms with van der Waals surface area (Å²) in [7, 11) is 0. The fraction of sp³-hybridized carbons (Fsp3) is 0.846. The molecule has 1 atom stereocenters. The van der Waals surface area contributed by atoms with Gasteiger partial charge in [0.2, 0.25) is 0 Å². The maximum absolute atomic E-state index is 5.90. The molecular weight excluding hydrogens is 214 g/mol. The van der Waals surface area contributed by atoms with Crippen LogP contribution in [-0.2, 0) is 23.3 Å². The highest BCUT2D eigenvalue weighted by Crippen LogP contribution is 2.38. The van der Waals surface area contributed by atoms with E-state index in [0.29, 0.717) is 5.41 Å². The summed E-state index contributed by atoms with van der Waals surface area (Å²) in [5.41, 5.74) is 0.137. The Balaban J connectivity index is 2.00. The molecule has 94 valence electrons. The quantitative estimate of drug-likeness (QED) is 0.749. The predicted octanol–water partition coefficient (Wildman–Crippen LogP) is 2.28. The number of nitrogens with zero attached hydrogens (tertiary/aromatic N) is 3. The zero-order chi connectivity index (χ0) is 12.1. The van der Waals surface area contributed by atoms with Gasteiger partial charge in [0.15, 0.2) is 5.82 Å². The van der Waals surface area contributed by atoms with Gasteiger partial charge in [0, 0.05) is 19.6 Å². The van der Waals surface area contributed by atoms with Crippen LogP contribution in [0, 0.1) is 5.41 Å². The van der Waals surface area contributed by atoms with Crippen molar-refractivity contribution in [1.82, 2.24) is 14.8 Å². The molecule has 0 radical (unpaired) electrons. The molecule has 3 rings (SSSR count). The van der Waals surface area contributed by atoms with Gasteiger partial charge in [-0.25, -0.2) is 0 Å². The van der Waals surface area contributed by atoms with Gasteiger partial charge in [-0.3, -0.25) is 0 Å². The largest absolute Gasteiger partial charge is 0.367 e. The summed E-state index contributed by atoms with van der Waals surface area (Å²) in [4.78, 5) is 0. The Bertz CT molecular complexity index is 430. The molecule has 1 aromatic rings. The summed E-state index contributed by atoms with van der Waals surface area (Å²) in [6.45, 7) is 8.65. The number of aromatic nitrogens is 3. The van der Waals surface area contributed by atoms with Gasteiger partial charge >= 0.3 is 0 Å². The Kier molecular flexibility index (Phi) is 2.34. The van der Waals surface area contributed by atoms with Crippen LogP contribution in [0.3, 0.4) is 0 Å². The van der Waals surface area contributed by atoms with Crippen molar-refractivity contribution in [2.24, 2.45) is 5.41 Å². The maximum Gasteiger partial charge on any atom is 0.165 e. The summed E-state index contributed by atoms with van der Waals surface area (Å²) in [6, 6.07) is 0. The summed E-state index contributed by atoms with van der Waals surface area (Å²) in [5, 5.41) is 8.75. The van der Waals surface area contributed by atoms with E-state index < -0.39 is 0 Å². The van der Waals surface area contributed by atoms with E-state index in [9.17, 15) is 0 Å². The van der Waals surface area contributed by atoms with Gasteiger partial charge in [-0.2, -0.15) is 0 Å². The van der Waals surface area contributed by atoms with E-state index in [0.717, 1.165) is 44.1 Å². The minimum Gasteiger partial charge on any atom is -0.367 e. The molecule has 0 saturated carbocycles. The Morgan fingerprint density at radius 1 is 1.18 bits per heavy atom. The molecule has 1 saturated heterocycles. The molecule has 0 amide bonds. The van der Waals surface area contributed by atoms with Crippen molar-refractivity contribution in [2.45, 2.75) is 58.6 Å². The number of hydrogen-bond acceptors (Lipinski definition) is 3. The molecule has 1 unspecified atom stereocenters. The maximum atomic E-state index is 5.90. The van der Waals surface area contributed by atoms with Crippen LogP contribution >= 0.6 is 0 Å². The Morgan fingerprint density at radius 3 is 2.71 bits per heavy atom. The first-order chi connectivity index (χ1) is 8.00. The van der Waals surface area contributed by atoms with E-state index in [1.807, 2.05) is 0 Å². The van der Waals surface area contributed by atoms with E-state index in [-0.39, 0.29) is 5.60 Å². The van der Waals surface area contributed by atoms with Crippen molar-refractivity contribution in [3.8, 4) is 0 Å². The topological polar surface area (TPSA) is 39.9 Å². The lowest BCUT2D eigenvalue weighted by Crippen LogP contribution is -2.33. The zero-order valence-electron chi connectivity index (χ0n) is 11.0. The summed E-state index contributed by atoms with van der Waals surface area (Å²) in [5.74, 6) is 2.17. The highest BCUT2D eigenvalue weighted by Gasteiger charge is 2.39. The highest BCUT2D eigenvalue weighted by molar-refractivity contribution is 5.10. The molecule has 2 aliphatic heterocycles. The third-order valence-corrected chi connectivity index (χ3v) is 4.13. The molecule has 4 nitrogen and oxygen atoms in total. The van der Waals surface area contributed by atoms with Gasteiger partial charge < -0.3 is 9.30 Å². The molecule has 0 spiro atoms. The van der Waals surface area contributed by atoms with Crippen molar-refractivity contribution < 1.29 is 4.74 Å². The Labute approximate surface area is 102 Å². The van der Waals surface area contributed by atoms with Crippen LogP contribution in [0.1, 0.15) is 51.7 Å². The minimum atomic E-state index is -0.210.